The highest BCUT2D eigenvalue weighted by molar-refractivity contribution is 7.99. The molecule has 20 heavy (non-hydrogen) atoms. The number of aromatic nitrogens is 2. The Kier molecular flexibility index (Phi) is 3.79. The SMILES string of the molecule is CCCSc1ccc2nc(-c3ccc(C)cc3)cn2c1. The first-order valence-electron chi connectivity index (χ1n) is 6.95. The molecule has 0 spiro atoms. The smallest absolute Gasteiger partial charge is 0.137 e. The topological polar surface area (TPSA) is 17.3 Å². The van der Waals surface area contributed by atoms with E-state index >= 15 is 0 Å². The molecule has 1 aromatic carbocycles. The molecule has 3 heteroatoms. The van der Waals surface area contributed by atoms with Gasteiger partial charge in [0.25, 0.3) is 0 Å². The van der Waals surface area contributed by atoms with E-state index in [1.165, 1.54) is 22.4 Å². The van der Waals surface area contributed by atoms with E-state index in [1.807, 2.05) is 11.8 Å². The lowest BCUT2D eigenvalue weighted by Gasteiger charge is -2.00. The molecule has 0 aliphatic carbocycles. The fraction of sp³-hybridized carbons (Fsp3) is 0.235. The molecule has 2 heterocycles. The van der Waals surface area contributed by atoms with Crippen molar-refractivity contribution >= 4 is 17.4 Å². The molecule has 0 radical (unpaired) electrons. The largest absolute Gasteiger partial charge is 0.305 e. The Morgan fingerprint density at radius 3 is 2.60 bits per heavy atom. The summed E-state index contributed by atoms with van der Waals surface area (Å²) in [5.74, 6) is 1.16. The maximum Gasteiger partial charge on any atom is 0.137 e. The highest BCUT2D eigenvalue weighted by atomic mass is 32.2. The lowest BCUT2D eigenvalue weighted by Crippen LogP contribution is -1.84. The van der Waals surface area contributed by atoms with Crippen molar-refractivity contribution in [2.24, 2.45) is 0 Å². The van der Waals surface area contributed by atoms with Crippen molar-refractivity contribution in [1.82, 2.24) is 9.38 Å². The normalized spacial score (nSPS) is 11.1. The van der Waals surface area contributed by atoms with Crippen LogP contribution in [0, 0.1) is 6.92 Å². The van der Waals surface area contributed by atoms with Crippen LogP contribution < -0.4 is 0 Å². The van der Waals surface area contributed by atoms with Gasteiger partial charge in [-0.2, -0.15) is 0 Å². The van der Waals surface area contributed by atoms with Crippen molar-refractivity contribution in [2.75, 3.05) is 5.75 Å². The van der Waals surface area contributed by atoms with E-state index in [2.05, 4.69) is 72.0 Å². The number of rotatable bonds is 4. The molecule has 3 rings (SSSR count). The van der Waals surface area contributed by atoms with Gasteiger partial charge in [0, 0.05) is 22.9 Å². The van der Waals surface area contributed by atoms with Crippen LogP contribution in [0.1, 0.15) is 18.9 Å². The number of nitrogens with zero attached hydrogens (tertiary/aromatic N) is 2. The molecule has 0 N–H and O–H groups in total. The molecular weight excluding hydrogens is 264 g/mol. The zero-order chi connectivity index (χ0) is 13.9. The lowest BCUT2D eigenvalue weighted by molar-refractivity contribution is 1.09. The van der Waals surface area contributed by atoms with E-state index in [0.29, 0.717) is 0 Å². The first kappa shape index (κ1) is 13.3. The third kappa shape index (κ3) is 2.73. The van der Waals surface area contributed by atoms with Crippen LogP contribution in [0.3, 0.4) is 0 Å². The van der Waals surface area contributed by atoms with E-state index in [0.717, 1.165) is 17.1 Å². The monoisotopic (exact) mass is 282 g/mol. The molecule has 0 aliphatic heterocycles. The molecule has 102 valence electrons. The number of thioether (sulfide) groups is 1. The molecule has 0 aliphatic rings. The Labute approximate surface area is 123 Å². The summed E-state index contributed by atoms with van der Waals surface area (Å²) in [6, 6.07) is 12.8. The summed E-state index contributed by atoms with van der Waals surface area (Å²) in [4.78, 5) is 5.99. The van der Waals surface area contributed by atoms with Crippen LogP contribution in [0.25, 0.3) is 16.9 Å². The first-order chi connectivity index (χ1) is 9.76. The van der Waals surface area contributed by atoms with Gasteiger partial charge >= 0.3 is 0 Å². The van der Waals surface area contributed by atoms with Crippen molar-refractivity contribution in [3.8, 4) is 11.3 Å². The Hall–Kier alpha value is -1.74. The summed E-state index contributed by atoms with van der Waals surface area (Å²) >= 11 is 1.89. The highest BCUT2D eigenvalue weighted by Gasteiger charge is 2.05. The fourth-order valence-corrected chi connectivity index (χ4v) is 2.93. The minimum absolute atomic E-state index is 1.00. The minimum Gasteiger partial charge on any atom is -0.305 e. The number of pyridine rings is 1. The van der Waals surface area contributed by atoms with E-state index < -0.39 is 0 Å². The van der Waals surface area contributed by atoms with Crippen molar-refractivity contribution in [1.29, 1.82) is 0 Å². The molecule has 0 unspecified atom stereocenters. The zero-order valence-electron chi connectivity index (χ0n) is 11.8. The van der Waals surface area contributed by atoms with Crippen LogP contribution in [-0.4, -0.2) is 15.1 Å². The molecule has 0 bridgehead atoms. The summed E-state index contributed by atoms with van der Waals surface area (Å²) in [5, 5.41) is 0. The molecule has 0 atom stereocenters. The Morgan fingerprint density at radius 1 is 1.05 bits per heavy atom. The zero-order valence-corrected chi connectivity index (χ0v) is 12.7. The Bertz CT molecular complexity index is 713. The van der Waals surface area contributed by atoms with Gasteiger partial charge in [-0.3, -0.25) is 0 Å². The quantitative estimate of drug-likeness (QED) is 0.639. The van der Waals surface area contributed by atoms with Crippen LogP contribution in [0.15, 0.2) is 53.7 Å². The standard InChI is InChI=1S/C17H18N2S/c1-3-10-20-15-8-9-17-18-16(12-19(17)11-15)14-6-4-13(2)5-7-14/h4-9,11-12H,3,10H2,1-2H3. The molecule has 0 fully saturated rings. The van der Waals surface area contributed by atoms with Crippen LogP contribution in [-0.2, 0) is 0 Å². The van der Waals surface area contributed by atoms with Gasteiger partial charge in [-0.1, -0.05) is 36.8 Å². The molecule has 0 saturated carbocycles. The highest BCUT2D eigenvalue weighted by Crippen LogP contribution is 2.23. The number of aryl methyl sites for hydroxylation is 1. The van der Waals surface area contributed by atoms with Gasteiger partial charge in [-0.25, -0.2) is 4.98 Å². The van der Waals surface area contributed by atoms with Crippen LogP contribution in [0.5, 0.6) is 0 Å². The third-order valence-electron chi connectivity index (χ3n) is 3.24. The van der Waals surface area contributed by atoms with Crippen LogP contribution >= 0.6 is 11.8 Å². The van der Waals surface area contributed by atoms with Crippen molar-refractivity contribution in [3.63, 3.8) is 0 Å². The summed E-state index contributed by atoms with van der Waals surface area (Å²) in [6.07, 6.45) is 5.47. The van der Waals surface area contributed by atoms with Crippen molar-refractivity contribution < 1.29 is 0 Å². The van der Waals surface area contributed by atoms with E-state index in [-0.39, 0.29) is 0 Å². The summed E-state index contributed by atoms with van der Waals surface area (Å²) in [7, 11) is 0. The summed E-state index contributed by atoms with van der Waals surface area (Å²) in [5.41, 5.74) is 4.47. The molecule has 2 aromatic heterocycles. The molecular formula is C17H18N2S. The predicted octanol–water partition coefficient (Wildman–Crippen LogP) is 4.81. The first-order valence-corrected chi connectivity index (χ1v) is 7.93. The number of fused-ring (bicyclic) bond motifs is 1. The summed E-state index contributed by atoms with van der Waals surface area (Å²) in [6.45, 7) is 4.31. The second-order valence-corrected chi connectivity index (χ2v) is 6.14. The minimum atomic E-state index is 1.00. The van der Waals surface area contributed by atoms with Gasteiger partial charge in [0.1, 0.15) is 5.65 Å². The van der Waals surface area contributed by atoms with Crippen LogP contribution in [0.2, 0.25) is 0 Å². The maximum atomic E-state index is 4.69. The molecule has 0 saturated heterocycles. The van der Waals surface area contributed by atoms with Crippen molar-refractivity contribution in [3.05, 3.63) is 54.4 Å². The Balaban J connectivity index is 1.95. The fourth-order valence-electron chi connectivity index (χ4n) is 2.14. The van der Waals surface area contributed by atoms with Gasteiger partial charge < -0.3 is 4.40 Å². The summed E-state index contributed by atoms with van der Waals surface area (Å²) < 4.78 is 2.12. The second-order valence-electron chi connectivity index (χ2n) is 4.97. The number of benzene rings is 1. The molecule has 2 nitrogen and oxygen atoms in total. The average molecular weight is 282 g/mol. The average Bonchev–Trinajstić information content (AvgIpc) is 2.89. The second kappa shape index (κ2) is 5.71. The van der Waals surface area contributed by atoms with Crippen molar-refractivity contribution in [2.45, 2.75) is 25.2 Å². The molecule has 0 amide bonds. The molecule has 3 aromatic rings. The lowest BCUT2D eigenvalue weighted by atomic mass is 10.1. The van der Waals surface area contributed by atoms with Gasteiger partial charge in [0.05, 0.1) is 5.69 Å². The number of hydrogen-bond donors (Lipinski definition) is 0. The van der Waals surface area contributed by atoms with Crippen LogP contribution in [0.4, 0.5) is 0 Å². The van der Waals surface area contributed by atoms with Gasteiger partial charge in [0.2, 0.25) is 0 Å². The van der Waals surface area contributed by atoms with E-state index in [4.69, 9.17) is 0 Å². The number of hydrogen-bond acceptors (Lipinski definition) is 2. The third-order valence-corrected chi connectivity index (χ3v) is 4.43. The van der Waals surface area contributed by atoms with Gasteiger partial charge in [-0.15, -0.1) is 11.8 Å². The van der Waals surface area contributed by atoms with E-state index in [1.54, 1.807) is 0 Å². The predicted molar refractivity (Wildman–Crippen MR) is 86.4 cm³/mol. The maximum absolute atomic E-state index is 4.69. The number of imidazole rings is 1. The van der Waals surface area contributed by atoms with E-state index in [9.17, 15) is 0 Å². The van der Waals surface area contributed by atoms with Gasteiger partial charge in [0.15, 0.2) is 0 Å². The van der Waals surface area contributed by atoms with Gasteiger partial charge in [-0.05, 0) is 31.2 Å². The Morgan fingerprint density at radius 2 is 1.85 bits per heavy atom.